The summed E-state index contributed by atoms with van der Waals surface area (Å²) in [6.45, 7) is 8.50. The standard InChI is InChI=1S/C17H22BrN3/c1-11(2)8-15-16(18)17-19-9-14(10-21(17)20-15)13-6-4-12(3)5-7-13/h4-7,11,14,19H,8-10H2,1-3H3. The molecule has 21 heavy (non-hydrogen) atoms. The van der Waals surface area contributed by atoms with Crippen LogP contribution in [0.4, 0.5) is 5.82 Å². The number of halogens is 1. The van der Waals surface area contributed by atoms with Gasteiger partial charge in [0.25, 0.3) is 0 Å². The Morgan fingerprint density at radius 2 is 2.05 bits per heavy atom. The maximum atomic E-state index is 4.79. The minimum atomic E-state index is 0.483. The molecule has 1 aromatic carbocycles. The fraction of sp³-hybridized carbons (Fsp3) is 0.471. The lowest BCUT2D eigenvalue weighted by Gasteiger charge is -2.25. The van der Waals surface area contributed by atoms with E-state index in [0.717, 1.165) is 35.5 Å². The molecule has 1 aliphatic heterocycles. The second-order valence-electron chi connectivity index (χ2n) is 6.38. The molecule has 1 atom stereocenters. The maximum Gasteiger partial charge on any atom is 0.139 e. The Balaban J connectivity index is 1.83. The summed E-state index contributed by atoms with van der Waals surface area (Å²) in [6, 6.07) is 8.85. The van der Waals surface area contributed by atoms with E-state index >= 15 is 0 Å². The molecular formula is C17H22BrN3. The first-order valence-corrected chi connectivity index (χ1v) is 8.39. The van der Waals surface area contributed by atoms with Crippen LogP contribution in [0.5, 0.6) is 0 Å². The number of hydrogen-bond acceptors (Lipinski definition) is 2. The highest BCUT2D eigenvalue weighted by Gasteiger charge is 2.24. The molecule has 1 aromatic heterocycles. The molecule has 1 aliphatic rings. The molecule has 0 radical (unpaired) electrons. The van der Waals surface area contributed by atoms with E-state index in [4.69, 9.17) is 5.10 Å². The van der Waals surface area contributed by atoms with Crippen molar-refractivity contribution in [2.75, 3.05) is 11.9 Å². The smallest absolute Gasteiger partial charge is 0.139 e. The summed E-state index contributed by atoms with van der Waals surface area (Å²) in [4.78, 5) is 0. The first kappa shape index (κ1) is 14.6. The van der Waals surface area contributed by atoms with Crippen LogP contribution >= 0.6 is 15.9 Å². The number of nitrogens with zero attached hydrogens (tertiary/aromatic N) is 2. The fourth-order valence-electron chi connectivity index (χ4n) is 2.86. The lowest BCUT2D eigenvalue weighted by atomic mass is 9.97. The molecule has 0 aliphatic carbocycles. The Morgan fingerprint density at radius 1 is 1.33 bits per heavy atom. The molecule has 4 heteroatoms. The first-order valence-electron chi connectivity index (χ1n) is 7.60. The van der Waals surface area contributed by atoms with Gasteiger partial charge >= 0.3 is 0 Å². The van der Waals surface area contributed by atoms with Crippen LogP contribution in [0.1, 0.15) is 36.6 Å². The number of aryl methyl sites for hydroxylation is 1. The molecule has 0 bridgehead atoms. The second-order valence-corrected chi connectivity index (χ2v) is 7.17. The molecule has 3 nitrogen and oxygen atoms in total. The molecule has 1 N–H and O–H groups in total. The van der Waals surface area contributed by atoms with Crippen LogP contribution in [0.15, 0.2) is 28.7 Å². The number of fused-ring (bicyclic) bond motifs is 1. The molecule has 0 saturated carbocycles. The SMILES string of the molecule is Cc1ccc(C2CNc3c(Br)c(CC(C)C)nn3C2)cc1. The zero-order chi connectivity index (χ0) is 15.0. The van der Waals surface area contributed by atoms with E-state index in [1.807, 2.05) is 0 Å². The van der Waals surface area contributed by atoms with Crippen LogP contribution in [-0.2, 0) is 13.0 Å². The van der Waals surface area contributed by atoms with Gasteiger partial charge in [-0.15, -0.1) is 0 Å². The van der Waals surface area contributed by atoms with E-state index in [-0.39, 0.29) is 0 Å². The van der Waals surface area contributed by atoms with Gasteiger partial charge in [-0.2, -0.15) is 5.10 Å². The highest BCUT2D eigenvalue weighted by molar-refractivity contribution is 9.10. The number of hydrogen-bond donors (Lipinski definition) is 1. The van der Waals surface area contributed by atoms with Gasteiger partial charge < -0.3 is 5.32 Å². The van der Waals surface area contributed by atoms with Gasteiger partial charge in [-0.05, 0) is 40.8 Å². The summed E-state index contributed by atoms with van der Waals surface area (Å²) < 4.78 is 3.26. The Bertz CT molecular complexity index is 628. The largest absolute Gasteiger partial charge is 0.369 e. The molecule has 0 spiro atoms. The fourth-order valence-corrected chi connectivity index (χ4v) is 3.45. The molecule has 1 unspecified atom stereocenters. The minimum Gasteiger partial charge on any atom is -0.369 e. The zero-order valence-electron chi connectivity index (χ0n) is 12.9. The predicted octanol–water partition coefficient (Wildman–Crippen LogP) is 4.36. The quantitative estimate of drug-likeness (QED) is 0.893. The Kier molecular flexibility index (Phi) is 4.07. The van der Waals surface area contributed by atoms with Crippen LogP contribution in [0, 0.1) is 12.8 Å². The van der Waals surface area contributed by atoms with Crippen molar-refractivity contribution < 1.29 is 0 Å². The number of nitrogens with one attached hydrogen (secondary N) is 1. The Labute approximate surface area is 134 Å². The lowest BCUT2D eigenvalue weighted by Crippen LogP contribution is -2.26. The molecule has 3 rings (SSSR count). The van der Waals surface area contributed by atoms with Crippen LogP contribution in [0.2, 0.25) is 0 Å². The normalized spacial score (nSPS) is 17.7. The zero-order valence-corrected chi connectivity index (χ0v) is 14.4. The molecule has 112 valence electrons. The van der Waals surface area contributed by atoms with Crippen molar-refractivity contribution in [3.63, 3.8) is 0 Å². The van der Waals surface area contributed by atoms with Gasteiger partial charge in [0, 0.05) is 12.5 Å². The van der Waals surface area contributed by atoms with Gasteiger partial charge in [-0.1, -0.05) is 43.7 Å². The van der Waals surface area contributed by atoms with Crippen molar-refractivity contribution in [2.45, 2.75) is 39.7 Å². The second kappa shape index (κ2) is 5.84. The molecule has 2 heterocycles. The Morgan fingerprint density at radius 3 is 2.71 bits per heavy atom. The van der Waals surface area contributed by atoms with Crippen LogP contribution < -0.4 is 5.32 Å². The van der Waals surface area contributed by atoms with E-state index in [1.165, 1.54) is 11.1 Å². The van der Waals surface area contributed by atoms with Gasteiger partial charge in [-0.25, -0.2) is 4.68 Å². The number of anilines is 1. The van der Waals surface area contributed by atoms with Crippen LogP contribution in [-0.4, -0.2) is 16.3 Å². The third-order valence-corrected chi connectivity index (χ3v) is 4.85. The Hall–Kier alpha value is -1.29. The molecular weight excluding hydrogens is 326 g/mol. The van der Waals surface area contributed by atoms with E-state index in [2.05, 4.69) is 71.0 Å². The van der Waals surface area contributed by atoms with Gasteiger partial charge in [0.15, 0.2) is 0 Å². The van der Waals surface area contributed by atoms with Crippen molar-refractivity contribution in [1.82, 2.24) is 9.78 Å². The van der Waals surface area contributed by atoms with Crippen LogP contribution in [0.25, 0.3) is 0 Å². The van der Waals surface area contributed by atoms with E-state index < -0.39 is 0 Å². The highest BCUT2D eigenvalue weighted by Crippen LogP contribution is 2.33. The van der Waals surface area contributed by atoms with Crippen molar-refractivity contribution in [3.8, 4) is 0 Å². The summed E-state index contributed by atoms with van der Waals surface area (Å²) in [5.74, 6) is 2.23. The van der Waals surface area contributed by atoms with E-state index in [1.54, 1.807) is 0 Å². The highest BCUT2D eigenvalue weighted by atomic mass is 79.9. The average Bonchev–Trinajstić information content (AvgIpc) is 2.75. The molecule has 0 amide bonds. The van der Waals surface area contributed by atoms with Gasteiger partial charge in [-0.3, -0.25) is 0 Å². The minimum absolute atomic E-state index is 0.483. The summed E-state index contributed by atoms with van der Waals surface area (Å²) in [6.07, 6.45) is 1.01. The van der Waals surface area contributed by atoms with Crippen molar-refractivity contribution in [2.24, 2.45) is 5.92 Å². The van der Waals surface area contributed by atoms with E-state index in [0.29, 0.717) is 11.8 Å². The average molecular weight is 348 g/mol. The third kappa shape index (κ3) is 3.00. The predicted molar refractivity (Wildman–Crippen MR) is 90.9 cm³/mol. The number of aromatic nitrogens is 2. The number of rotatable bonds is 3. The van der Waals surface area contributed by atoms with Crippen molar-refractivity contribution >= 4 is 21.7 Å². The first-order chi connectivity index (χ1) is 10.0. The monoisotopic (exact) mass is 347 g/mol. The maximum absolute atomic E-state index is 4.79. The summed E-state index contributed by atoms with van der Waals surface area (Å²) >= 11 is 3.71. The summed E-state index contributed by atoms with van der Waals surface area (Å²) in [5, 5.41) is 8.33. The van der Waals surface area contributed by atoms with E-state index in [9.17, 15) is 0 Å². The van der Waals surface area contributed by atoms with Crippen LogP contribution in [0.3, 0.4) is 0 Å². The summed E-state index contributed by atoms with van der Waals surface area (Å²) in [5.41, 5.74) is 3.86. The van der Waals surface area contributed by atoms with Crippen molar-refractivity contribution in [1.29, 1.82) is 0 Å². The summed E-state index contributed by atoms with van der Waals surface area (Å²) in [7, 11) is 0. The molecule has 0 fully saturated rings. The lowest BCUT2D eigenvalue weighted by molar-refractivity contribution is 0.497. The molecule has 2 aromatic rings. The number of benzene rings is 1. The van der Waals surface area contributed by atoms with Crippen molar-refractivity contribution in [3.05, 3.63) is 45.6 Å². The van der Waals surface area contributed by atoms with Gasteiger partial charge in [0.2, 0.25) is 0 Å². The third-order valence-electron chi connectivity index (χ3n) is 4.02. The molecule has 0 saturated heterocycles. The van der Waals surface area contributed by atoms with Gasteiger partial charge in [0.05, 0.1) is 16.7 Å². The van der Waals surface area contributed by atoms with Gasteiger partial charge in [0.1, 0.15) is 5.82 Å². The topological polar surface area (TPSA) is 29.9 Å².